The second-order valence-corrected chi connectivity index (χ2v) is 18.0. The Labute approximate surface area is 390 Å². The summed E-state index contributed by atoms with van der Waals surface area (Å²) in [6.07, 6.45) is -20.0. The Morgan fingerprint density at radius 3 is 1.40 bits per heavy atom. The third-order valence-electron chi connectivity index (χ3n) is 12.7. The Morgan fingerprint density at radius 1 is 0.493 bits per heavy atom. The predicted molar refractivity (Wildman–Crippen MR) is 227 cm³/mol. The van der Waals surface area contributed by atoms with Crippen LogP contribution in [0.2, 0.25) is 0 Å². The van der Waals surface area contributed by atoms with Crippen LogP contribution in [-0.2, 0) is 42.7 Å². The van der Waals surface area contributed by atoms with E-state index in [1.165, 1.54) is 44.9 Å². The van der Waals surface area contributed by atoms with Crippen molar-refractivity contribution in [1.29, 1.82) is 0 Å². The Bertz CT molecular complexity index is 1360. The van der Waals surface area contributed by atoms with E-state index in [0.29, 0.717) is 6.42 Å². The monoisotopic (exact) mass is 978 g/mol. The molecule has 24 heteroatoms. The van der Waals surface area contributed by atoms with E-state index in [1.54, 1.807) is 0 Å². The van der Waals surface area contributed by atoms with Gasteiger partial charge in [-0.05, 0) is 6.42 Å². The lowest BCUT2D eigenvalue weighted by molar-refractivity contribution is -0.363. The van der Waals surface area contributed by atoms with E-state index in [0.717, 1.165) is 32.1 Å². The summed E-state index contributed by atoms with van der Waals surface area (Å²) >= 11 is 0. The molecule has 0 aromatic heterocycles. The van der Waals surface area contributed by atoms with Crippen LogP contribution in [0.25, 0.3) is 0 Å². The van der Waals surface area contributed by atoms with E-state index < -0.39 is 174 Å². The van der Waals surface area contributed by atoms with Gasteiger partial charge in [0.1, 0.15) is 104 Å². The topological polar surface area (TPSA) is 386 Å². The van der Waals surface area contributed by atoms with E-state index in [4.69, 9.17) is 37.9 Å². The molecule has 21 atom stereocenters. The zero-order valence-electron chi connectivity index (χ0n) is 38.2. The molecule has 4 rings (SSSR count). The van der Waals surface area contributed by atoms with Gasteiger partial charge in [0.15, 0.2) is 25.2 Å². The van der Waals surface area contributed by atoms with Gasteiger partial charge in [0.05, 0.1) is 39.6 Å². The molecule has 1 amide bonds. The van der Waals surface area contributed by atoms with E-state index in [2.05, 4.69) is 12.2 Å². The molecule has 24 nitrogen and oxygen atoms in total. The highest BCUT2D eigenvalue weighted by molar-refractivity contribution is 5.76. The largest absolute Gasteiger partial charge is 0.394 e. The average Bonchev–Trinajstić information content (AvgIpc) is 3.32. The summed E-state index contributed by atoms with van der Waals surface area (Å²) in [5.74, 6) is -0.547. The molecular weight excluding hydrogens is 898 g/mol. The minimum atomic E-state index is -1.93. The van der Waals surface area contributed by atoms with Gasteiger partial charge in [-0.3, -0.25) is 4.79 Å². The molecule has 0 bridgehead atoms. The van der Waals surface area contributed by atoms with Crippen molar-refractivity contribution in [2.45, 2.75) is 226 Å². The molecular formula is C43H79NO23. The first-order valence-corrected chi connectivity index (χ1v) is 23.8. The molecule has 394 valence electrons. The first kappa shape index (κ1) is 58.2. The van der Waals surface area contributed by atoms with Crippen LogP contribution in [-0.4, -0.2) is 246 Å². The molecule has 0 aromatic rings. The van der Waals surface area contributed by atoms with Crippen molar-refractivity contribution >= 4 is 5.91 Å². The van der Waals surface area contributed by atoms with Gasteiger partial charge in [0.25, 0.3) is 0 Å². The van der Waals surface area contributed by atoms with Crippen LogP contribution in [0.1, 0.15) is 96.8 Å². The summed E-state index contributed by atoms with van der Waals surface area (Å²) < 4.78 is 45.3. The van der Waals surface area contributed by atoms with Gasteiger partial charge in [-0.2, -0.15) is 0 Å². The summed E-state index contributed by atoms with van der Waals surface area (Å²) in [4.78, 5) is 13.3. The summed E-state index contributed by atoms with van der Waals surface area (Å²) in [7, 11) is 0. The zero-order valence-corrected chi connectivity index (χ0v) is 38.2. The number of amides is 1. The number of unbranched alkanes of at least 4 members (excludes halogenated alkanes) is 12. The molecule has 0 saturated carbocycles. The number of nitrogens with one attached hydrogen (secondary N) is 1. The lowest BCUT2D eigenvalue weighted by Crippen LogP contribution is -2.68. The van der Waals surface area contributed by atoms with Crippen LogP contribution in [0.15, 0.2) is 0 Å². The zero-order chi connectivity index (χ0) is 49.2. The standard InChI is InChI=1S/C43H79NO23/c1-2-3-4-5-6-7-8-9-10-11-12-13-14-15-27(49)44-28-33(54)31(52)25(65-40(28)67-39-36(57)30(51)24(18-47)64-43(39)60-19-22(48)16-45)20-62-42-38(59)35(56)32(53)26(66-42)21-61-41-37(58)34(55)29(50)23(17-46)63-41/h22-26,28-43,45-48,50-59H,2-21H2,1H3,(H,44,49)/t22-,23-,24-,25-,26-,28-,29+,30-,31+,32+,33-,34+,35+,36+,37-,38-,39-,40+,41+,42-,43+/m1/s1. The van der Waals surface area contributed by atoms with Crippen molar-refractivity contribution < 1.29 is 114 Å². The second-order valence-electron chi connectivity index (χ2n) is 18.0. The van der Waals surface area contributed by atoms with Crippen LogP contribution in [0.3, 0.4) is 0 Å². The van der Waals surface area contributed by atoms with Crippen molar-refractivity contribution in [2.75, 3.05) is 39.6 Å². The maximum Gasteiger partial charge on any atom is 0.220 e. The van der Waals surface area contributed by atoms with Gasteiger partial charge >= 0.3 is 0 Å². The number of aliphatic hydroxyl groups is 14. The smallest absolute Gasteiger partial charge is 0.220 e. The lowest BCUT2D eigenvalue weighted by atomic mass is 9.95. The number of hydrogen-bond donors (Lipinski definition) is 15. The van der Waals surface area contributed by atoms with Crippen molar-refractivity contribution in [3.05, 3.63) is 0 Å². The van der Waals surface area contributed by atoms with Crippen LogP contribution >= 0.6 is 0 Å². The molecule has 15 N–H and O–H groups in total. The Balaban J connectivity index is 1.41. The van der Waals surface area contributed by atoms with Crippen LogP contribution in [0.4, 0.5) is 0 Å². The number of ether oxygens (including phenoxy) is 8. The van der Waals surface area contributed by atoms with E-state index in [9.17, 15) is 76.3 Å². The average molecular weight is 978 g/mol. The van der Waals surface area contributed by atoms with Gasteiger partial charge in [-0.25, -0.2) is 0 Å². The number of aliphatic hydroxyl groups excluding tert-OH is 14. The second kappa shape index (κ2) is 29.8. The van der Waals surface area contributed by atoms with E-state index in [-0.39, 0.29) is 6.42 Å². The molecule has 0 radical (unpaired) electrons. The molecule has 4 fully saturated rings. The van der Waals surface area contributed by atoms with E-state index >= 15 is 0 Å². The highest BCUT2D eigenvalue weighted by atomic mass is 16.8. The summed E-state index contributed by atoms with van der Waals surface area (Å²) in [5, 5.41) is 149. The molecule has 4 saturated heterocycles. The maximum atomic E-state index is 13.3. The molecule has 0 spiro atoms. The SMILES string of the molecule is CCCCCCCCCCCCCCCC(=O)N[C@H]1[C@H](O[C@H]2[C@@H](OC[C@H](O)CO)O[C@H](CO)[C@@H](O)[C@@H]2O)O[C@H](CO[C@@H]2O[C@H](CO[C@H]3O[C@H](CO)[C@H](O)[C@H](O)[C@H]3O)[C@H](O)[C@H](O)[C@H]2O)[C@H](O)[C@@H]1O. The molecule has 0 aromatic carbocycles. The first-order chi connectivity index (χ1) is 32.1. The molecule has 0 unspecified atom stereocenters. The third kappa shape index (κ3) is 16.8. The fourth-order valence-electron chi connectivity index (χ4n) is 8.43. The summed E-state index contributed by atoms with van der Waals surface area (Å²) in [6, 6.07) is -1.55. The molecule has 4 aliphatic heterocycles. The van der Waals surface area contributed by atoms with E-state index in [1.807, 2.05) is 0 Å². The number of rotatable bonds is 29. The van der Waals surface area contributed by atoms with Crippen molar-refractivity contribution in [3.63, 3.8) is 0 Å². The number of carbonyl (C=O) groups is 1. The number of hydrogen-bond acceptors (Lipinski definition) is 23. The molecule has 4 aliphatic rings. The van der Waals surface area contributed by atoms with Crippen molar-refractivity contribution in [1.82, 2.24) is 5.32 Å². The van der Waals surface area contributed by atoms with Crippen LogP contribution in [0.5, 0.6) is 0 Å². The number of carbonyl (C=O) groups excluding carboxylic acids is 1. The Kier molecular flexibility index (Phi) is 25.9. The lowest BCUT2D eigenvalue weighted by Gasteiger charge is -2.47. The fourth-order valence-corrected chi connectivity index (χ4v) is 8.43. The normalized spacial score (nSPS) is 39.9. The molecule has 0 aliphatic carbocycles. The highest BCUT2D eigenvalue weighted by Gasteiger charge is 2.53. The third-order valence-corrected chi connectivity index (χ3v) is 12.7. The summed E-state index contributed by atoms with van der Waals surface area (Å²) in [6.45, 7) is -2.04. The summed E-state index contributed by atoms with van der Waals surface area (Å²) in [5.41, 5.74) is 0. The van der Waals surface area contributed by atoms with Crippen molar-refractivity contribution in [2.24, 2.45) is 0 Å². The minimum absolute atomic E-state index is 0.0273. The van der Waals surface area contributed by atoms with Crippen LogP contribution < -0.4 is 5.32 Å². The maximum absolute atomic E-state index is 13.3. The van der Waals surface area contributed by atoms with Gasteiger partial charge in [-0.15, -0.1) is 0 Å². The minimum Gasteiger partial charge on any atom is -0.394 e. The van der Waals surface area contributed by atoms with Crippen LogP contribution in [0, 0.1) is 0 Å². The Hall–Kier alpha value is -1.41. The van der Waals surface area contributed by atoms with Gasteiger partial charge in [0, 0.05) is 6.42 Å². The quantitative estimate of drug-likeness (QED) is 0.0313. The predicted octanol–water partition coefficient (Wildman–Crippen LogP) is -4.77. The van der Waals surface area contributed by atoms with Gasteiger partial charge in [-0.1, -0.05) is 84.0 Å². The molecule has 67 heavy (non-hydrogen) atoms. The van der Waals surface area contributed by atoms with Gasteiger partial charge in [0.2, 0.25) is 5.91 Å². The molecule has 4 heterocycles. The van der Waals surface area contributed by atoms with Gasteiger partial charge < -0.3 is 115 Å². The highest BCUT2D eigenvalue weighted by Crippen LogP contribution is 2.32. The fraction of sp³-hybridized carbons (Fsp3) is 0.977. The van der Waals surface area contributed by atoms with Crippen molar-refractivity contribution in [3.8, 4) is 0 Å². The first-order valence-electron chi connectivity index (χ1n) is 23.8. The Morgan fingerprint density at radius 2 is 0.910 bits per heavy atom.